The lowest BCUT2D eigenvalue weighted by molar-refractivity contribution is 0.0939. The number of anilines is 1. The zero-order chi connectivity index (χ0) is 30.6. The molecule has 0 spiro atoms. The van der Waals surface area contributed by atoms with Gasteiger partial charge in [0.2, 0.25) is 0 Å². The van der Waals surface area contributed by atoms with Crippen molar-refractivity contribution in [3.63, 3.8) is 0 Å². The van der Waals surface area contributed by atoms with E-state index in [2.05, 4.69) is 25.2 Å². The van der Waals surface area contributed by atoms with Crippen LogP contribution in [0.2, 0.25) is 5.02 Å². The second-order valence-corrected chi connectivity index (χ2v) is 13.1. The average Bonchev–Trinajstić information content (AvgIpc) is 2.97. The first-order valence-corrected chi connectivity index (χ1v) is 15.7. The molecule has 4 aromatic rings. The lowest BCUT2D eigenvalue weighted by Crippen LogP contribution is -2.31. The van der Waals surface area contributed by atoms with E-state index in [9.17, 15) is 13.2 Å². The van der Waals surface area contributed by atoms with Gasteiger partial charge in [0.15, 0.2) is 0 Å². The van der Waals surface area contributed by atoms with E-state index < -0.39 is 10.0 Å². The number of amides is 1. The maximum atomic E-state index is 13.8. The number of nitrogens with one attached hydrogen (secondary N) is 1. The van der Waals surface area contributed by atoms with E-state index in [4.69, 9.17) is 16.3 Å². The summed E-state index contributed by atoms with van der Waals surface area (Å²) in [6.07, 6.45) is 0. The van der Waals surface area contributed by atoms with Gasteiger partial charge < -0.3 is 10.1 Å². The number of halogens is 1. The lowest BCUT2D eigenvalue weighted by Gasteiger charge is -2.26. The topological polar surface area (TPSA) is 75.7 Å². The highest BCUT2D eigenvalue weighted by atomic mass is 35.5. The minimum atomic E-state index is -3.90. The molecule has 0 bridgehead atoms. The Bertz CT molecular complexity index is 1670. The van der Waals surface area contributed by atoms with Gasteiger partial charge in [-0.25, -0.2) is 8.42 Å². The molecule has 0 heterocycles. The van der Waals surface area contributed by atoms with Crippen LogP contribution in [0.3, 0.4) is 0 Å². The molecule has 0 unspecified atom stereocenters. The highest BCUT2D eigenvalue weighted by Crippen LogP contribution is 2.33. The summed E-state index contributed by atoms with van der Waals surface area (Å²) >= 11 is 6.28. The molecule has 0 radical (unpaired) electrons. The van der Waals surface area contributed by atoms with Crippen molar-refractivity contribution >= 4 is 33.2 Å². The van der Waals surface area contributed by atoms with Crippen molar-refractivity contribution < 1.29 is 17.9 Å². The SMILES string of the molecule is COc1cc(C)c([C@H](C)NC(=O)c2ccc(CN(c3cc(Cl)ccc3C)S(=O)(=O)c3ccccc3)cc2)cc1C(C)C. The van der Waals surface area contributed by atoms with E-state index in [1.54, 1.807) is 79.9 Å². The van der Waals surface area contributed by atoms with Crippen molar-refractivity contribution in [2.75, 3.05) is 11.4 Å². The van der Waals surface area contributed by atoms with Crippen LogP contribution in [0.15, 0.2) is 89.8 Å². The molecule has 1 amide bonds. The van der Waals surface area contributed by atoms with Gasteiger partial charge in [-0.2, -0.15) is 0 Å². The monoisotopic (exact) mass is 604 g/mol. The number of ether oxygens (including phenoxy) is 1. The molecule has 4 aromatic carbocycles. The third-order valence-electron chi connectivity index (χ3n) is 7.37. The van der Waals surface area contributed by atoms with Crippen molar-refractivity contribution in [2.45, 2.75) is 58.0 Å². The molecular formula is C34H37ClN2O4S. The number of hydrogen-bond donors (Lipinski definition) is 1. The summed E-state index contributed by atoms with van der Waals surface area (Å²) in [7, 11) is -2.23. The second-order valence-electron chi connectivity index (χ2n) is 10.8. The summed E-state index contributed by atoms with van der Waals surface area (Å²) < 4.78 is 34.5. The molecule has 1 atom stereocenters. The molecule has 0 saturated carbocycles. The van der Waals surface area contributed by atoms with Crippen LogP contribution in [0.5, 0.6) is 5.75 Å². The lowest BCUT2D eigenvalue weighted by atomic mass is 9.93. The molecule has 0 aliphatic carbocycles. The fourth-order valence-electron chi connectivity index (χ4n) is 4.97. The third-order valence-corrected chi connectivity index (χ3v) is 9.38. The van der Waals surface area contributed by atoms with Gasteiger partial charge in [-0.15, -0.1) is 0 Å². The normalized spacial score (nSPS) is 12.2. The minimum Gasteiger partial charge on any atom is -0.496 e. The average molecular weight is 605 g/mol. The van der Waals surface area contributed by atoms with Crippen LogP contribution in [0.4, 0.5) is 5.69 Å². The third kappa shape index (κ3) is 6.80. The number of nitrogens with zero attached hydrogens (tertiary/aromatic N) is 1. The Labute approximate surface area is 254 Å². The number of carbonyl (C=O) groups is 1. The van der Waals surface area contributed by atoms with E-state index in [1.807, 2.05) is 26.8 Å². The smallest absolute Gasteiger partial charge is 0.264 e. The molecule has 1 N–H and O–H groups in total. The first-order valence-electron chi connectivity index (χ1n) is 13.8. The van der Waals surface area contributed by atoms with Crippen LogP contribution in [0, 0.1) is 13.8 Å². The van der Waals surface area contributed by atoms with Gasteiger partial charge in [-0.1, -0.05) is 61.8 Å². The fourth-order valence-corrected chi connectivity index (χ4v) is 6.66. The van der Waals surface area contributed by atoms with Crippen LogP contribution in [-0.4, -0.2) is 21.4 Å². The molecule has 4 rings (SSSR count). The number of benzene rings is 4. The Morgan fingerprint density at radius 2 is 1.55 bits per heavy atom. The van der Waals surface area contributed by atoms with E-state index in [1.165, 1.54) is 4.31 Å². The van der Waals surface area contributed by atoms with E-state index >= 15 is 0 Å². The van der Waals surface area contributed by atoms with E-state index in [0.717, 1.165) is 33.6 Å². The number of rotatable bonds is 10. The molecule has 0 saturated heterocycles. The van der Waals surface area contributed by atoms with Crippen molar-refractivity contribution in [1.82, 2.24) is 5.32 Å². The van der Waals surface area contributed by atoms with Crippen molar-refractivity contribution in [3.05, 3.63) is 123 Å². The largest absolute Gasteiger partial charge is 0.496 e. The van der Waals surface area contributed by atoms with Crippen LogP contribution < -0.4 is 14.4 Å². The van der Waals surface area contributed by atoms with Crippen molar-refractivity contribution in [2.24, 2.45) is 0 Å². The molecule has 0 aliphatic heterocycles. The molecule has 220 valence electrons. The fraction of sp³-hybridized carbons (Fsp3) is 0.265. The Hall–Kier alpha value is -3.81. The van der Waals surface area contributed by atoms with Crippen LogP contribution in [-0.2, 0) is 16.6 Å². The van der Waals surface area contributed by atoms with Gasteiger partial charge >= 0.3 is 0 Å². The summed E-state index contributed by atoms with van der Waals surface area (Å²) in [4.78, 5) is 13.4. The highest BCUT2D eigenvalue weighted by molar-refractivity contribution is 7.92. The maximum absolute atomic E-state index is 13.8. The Balaban J connectivity index is 1.58. The van der Waals surface area contributed by atoms with Gasteiger partial charge in [-0.3, -0.25) is 9.10 Å². The number of aryl methyl sites for hydroxylation is 2. The first kappa shape index (κ1) is 31.1. The van der Waals surface area contributed by atoms with Gasteiger partial charge in [-0.05, 0) is 103 Å². The number of methoxy groups -OCH3 is 1. The van der Waals surface area contributed by atoms with Gasteiger partial charge in [0.05, 0.1) is 30.3 Å². The highest BCUT2D eigenvalue weighted by Gasteiger charge is 2.27. The summed E-state index contributed by atoms with van der Waals surface area (Å²) in [5, 5.41) is 3.54. The maximum Gasteiger partial charge on any atom is 0.264 e. The number of hydrogen-bond acceptors (Lipinski definition) is 4. The van der Waals surface area contributed by atoms with Crippen molar-refractivity contribution in [3.8, 4) is 5.75 Å². The minimum absolute atomic E-state index is 0.0692. The first-order chi connectivity index (χ1) is 19.9. The van der Waals surface area contributed by atoms with Crippen LogP contribution >= 0.6 is 11.6 Å². The second kappa shape index (κ2) is 13.0. The van der Waals surface area contributed by atoms with Gasteiger partial charge in [0, 0.05) is 10.6 Å². The van der Waals surface area contributed by atoms with Crippen molar-refractivity contribution in [1.29, 1.82) is 0 Å². The molecule has 0 aromatic heterocycles. The predicted molar refractivity (Wildman–Crippen MR) is 170 cm³/mol. The quantitative estimate of drug-likeness (QED) is 0.199. The molecule has 8 heteroatoms. The molecule has 0 fully saturated rings. The molecular weight excluding hydrogens is 568 g/mol. The Morgan fingerprint density at radius 3 is 2.17 bits per heavy atom. The standard InChI is InChI=1S/C34H37ClN2O4S/c1-22(2)30-20-31(24(4)18-33(30)41-6)25(5)36-34(38)27-15-13-26(14-16-27)21-37(32-19-28(35)17-12-23(32)3)42(39,40)29-10-8-7-9-11-29/h7-20,22,25H,21H2,1-6H3,(H,36,38)/t25-/m0/s1. The number of sulfonamides is 1. The van der Waals surface area contributed by atoms with E-state index in [0.29, 0.717) is 16.3 Å². The molecule has 6 nitrogen and oxygen atoms in total. The summed E-state index contributed by atoms with van der Waals surface area (Å²) in [5.74, 6) is 0.905. The van der Waals surface area contributed by atoms with Crippen LogP contribution in [0.1, 0.15) is 70.9 Å². The molecule has 42 heavy (non-hydrogen) atoms. The Kier molecular flexibility index (Phi) is 9.64. The van der Waals surface area contributed by atoms with Gasteiger partial charge in [0.1, 0.15) is 5.75 Å². The summed E-state index contributed by atoms with van der Waals surface area (Å²) in [5.41, 5.74) is 5.64. The zero-order valence-electron chi connectivity index (χ0n) is 24.8. The predicted octanol–water partition coefficient (Wildman–Crippen LogP) is 7.98. The summed E-state index contributed by atoms with van der Waals surface area (Å²) in [6, 6.07) is 24.4. The van der Waals surface area contributed by atoms with E-state index in [-0.39, 0.29) is 29.3 Å². The summed E-state index contributed by atoms with van der Waals surface area (Å²) in [6.45, 7) is 10.1. The number of carbonyl (C=O) groups excluding carboxylic acids is 1. The zero-order valence-corrected chi connectivity index (χ0v) is 26.4. The Morgan fingerprint density at radius 1 is 0.881 bits per heavy atom. The van der Waals surface area contributed by atoms with Gasteiger partial charge in [0.25, 0.3) is 15.9 Å². The van der Waals surface area contributed by atoms with Crippen LogP contribution in [0.25, 0.3) is 0 Å². The molecule has 0 aliphatic rings.